The largest absolute Gasteiger partial charge is 0.352 e. The zero-order chi connectivity index (χ0) is 21.3. The molecule has 2 saturated carbocycles. The van der Waals surface area contributed by atoms with E-state index in [9.17, 15) is 9.59 Å². The number of amides is 2. The van der Waals surface area contributed by atoms with Crippen molar-refractivity contribution < 1.29 is 9.59 Å². The van der Waals surface area contributed by atoms with Crippen molar-refractivity contribution in [1.82, 2.24) is 15.1 Å². The highest BCUT2D eigenvalue weighted by molar-refractivity contribution is 6.06. The minimum absolute atomic E-state index is 0.0277. The van der Waals surface area contributed by atoms with Gasteiger partial charge in [-0.05, 0) is 36.8 Å². The van der Waals surface area contributed by atoms with Crippen LogP contribution in [0.15, 0.2) is 60.7 Å². The van der Waals surface area contributed by atoms with E-state index in [2.05, 4.69) is 58.7 Å². The number of hydrogen-bond donors (Lipinski definition) is 1. The molecule has 0 unspecified atom stereocenters. The molecule has 1 aliphatic heterocycles. The molecule has 0 radical (unpaired) electrons. The highest BCUT2D eigenvalue weighted by Crippen LogP contribution is 2.44. The van der Waals surface area contributed by atoms with Crippen LogP contribution in [-0.2, 0) is 9.59 Å². The summed E-state index contributed by atoms with van der Waals surface area (Å²) in [6, 6.07) is 21.6. The summed E-state index contributed by atoms with van der Waals surface area (Å²) >= 11 is 0. The van der Waals surface area contributed by atoms with Gasteiger partial charge in [-0.25, -0.2) is 0 Å². The first-order valence-electron chi connectivity index (χ1n) is 11.6. The molecule has 3 aliphatic rings. The molecular weight excluding hydrogens is 386 g/mol. The predicted octanol–water partition coefficient (Wildman–Crippen LogP) is 3.37. The van der Waals surface area contributed by atoms with Gasteiger partial charge in [0.15, 0.2) is 0 Å². The Morgan fingerprint density at radius 2 is 1.39 bits per heavy atom. The van der Waals surface area contributed by atoms with Crippen LogP contribution in [0.4, 0.5) is 0 Å². The van der Waals surface area contributed by atoms with Crippen LogP contribution >= 0.6 is 0 Å². The van der Waals surface area contributed by atoms with Crippen molar-refractivity contribution in [1.29, 1.82) is 0 Å². The van der Waals surface area contributed by atoms with Gasteiger partial charge in [-0.15, -0.1) is 0 Å². The zero-order valence-corrected chi connectivity index (χ0v) is 18.0. The second-order valence-corrected chi connectivity index (χ2v) is 9.24. The summed E-state index contributed by atoms with van der Waals surface area (Å²) in [5, 5.41) is 3.09. The molecule has 2 aliphatic carbocycles. The molecule has 162 valence electrons. The summed E-state index contributed by atoms with van der Waals surface area (Å²) in [5.41, 5.74) is 1.74. The van der Waals surface area contributed by atoms with Gasteiger partial charge in [0.2, 0.25) is 11.8 Å². The number of carbonyl (C=O) groups excluding carboxylic acids is 2. The third-order valence-electron chi connectivity index (χ3n) is 7.16. The van der Waals surface area contributed by atoms with E-state index in [-0.39, 0.29) is 17.9 Å². The molecule has 3 fully saturated rings. The molecule has 2 aromatic rings. The van der Waals surface area contributed by atoms with Gasteiger partial charge in [0.1, 0.15) is 5.41 Å². The Hall–Kier alpha value is -2.66. The Kier molecular flexibility index (Phi) is 5.53. The quantitative estimate of drug-likeness (QED) is 0.734. The van der Waals surface area contributed by atoms with Crippen LogP contribution in [0.3, 0.4) is 0 Å². The van der Waals surface area contributed by atoms with Gasteiger partial charge >= 0.3 is 0 Å². The summed E-state index contributed by atoms with van der Waals surface area (Å²) in [4.78, 5) is 30.7. The van der Waals surface area contributed by atoms with Crippen molar-refractivity contribution in [2.45, 2.75) is 44.2 Å². The Morgan fingerprint density at radius 1 is 0.839 bits per heavy atom. The maximum Gasteiger partial charge on any atom is 0.238 e. The van der Waals surface area contributed by atoms with Gasteiger partial charge in [-0.3, -0.25) is 14.5 Å². The second kappa shape index (κ2) is 8.46. The highest BCUT2D eigenvalue weighted by atomic mass is 16.2. The Bertz CT molecular complexity index is 875. The van der Waals surface area contributed by atoms with Crippen LogP contribution < -0.4 is 5.32 Å². The summed E-state index contributed by atoms with van der Waals surface area (Å²) in [5.74, 6) is 0.0210. The van der Waals surface area contributed by atoms with Crippen LogP contribution in [0.25, 0.3) is 0 Å². The van der Waals surface area contributed by atoms with E-state index < -0.39 is 5.41 Å². The van der Waals surface area contributed by atoms with Crippen LogP contribution in [-0.4, -0.2) is 53.8 Å². The molecule has 0 spiro atoms. The molecule has 0 atom stereocenters. The van der Waals surface area contributed by atoms with Crippen LogP contribution in [0.1, 0.15) is 49.3 Å². The molecule has 0 bridgehead atoms. The number of piperazine rings is 1. The van der Waals surface area contributed by atoms with Gasteiger partial charge in [0.05, 0.1) is 6.04 Å². The summed E-state index contributed by atoms with van der Waals surface area (Å²) in [7, 11) is 0. The van der Waals surface area contributed by atoms with Gasteiger partial charge < -0.3 is 10.2 Å². The zero-order valence-electron chi connectivity index (χ0n) is 18.0. The maximum atomic E-state index is 13.4. The third kappa shape index (κ3) is 3.99. The van der Waals surface area contributed by atoms with Crippen LogP contribution in [0, 0.1) is 5.41 Å². The molecular formula is C26H31N3O2. The van der Waals surface area contributed by atoms with Crippen LogP contribution in [0.2, 0.25) is 0 Å². The van der Waals surface area contributed by atoms with Crippen molar-refractivity contribution >= 4 is 11.8 Å². The van der Waals surface area contributed by atoms with E-state index in [1.807, 2.05) is 17.0 Å². The SMILES string of the molecule is O=C(NC1CC1)C1(C(=O)N2CCN(C(c3ccccc3)c3ccccc3)CC2)CCC1. The average molecular weight is 418 g/mol. The van der Waals surface area contributed by atoms with Gasteiger partial charge in [0.25, 0.3) is 0 Å². The van der Waals surface area contributed by atoms with Crippen molar-refractivity contribution in [3.8, 4) is 0 Å². The van der Waals surface area contributed by atoms with Crippen molar-refractivity contribution in [2.24, 2.45) is 5.41 Å². The number of carbonyl (C=O) groups is 2. The lowest BCUT2D eigenvalue weighted by atomic mass is 9.67. The summed E-state index contributed by atoms with van der Waals surface area (Å²) in [6.45, 7) is 2.96. The van der Waals surface area contributed by atoms with Gasteiger partial charge in [0, 0.05) is 32.2 Å². The highest BCUT2D eigenvalue weighted by Gasteiger charge is 2.53. The normalized spacial score (nSPS) is 20.9. The lowest BCUT2D eigenvalue weighted by molar-refractivity contribution is -0.158. The smallest absolute Gasteiger partial charge is 0.238 e. The van der Waals surface area contributed by atoms with E-state index in [0.717, 1.165) is 32.4 Å². The first kappa shape index (κ1) is 20.3. The fourth-order valence-electron chi connectivity index (χ4n) is 4.99. The third-order valence-corrected chi connectivity index (χ3v) is 7.16. The maximum absolute atomic E-state index is 13.4. The predicted molar refractivity (Wildman–Crippen MR) is 120 cm³/mol. The number of benzene rings is 2. The van der Waals surface area contributed by atoms with E-state index in [0.29, 0.717) is 32.0 Å². The average Bonchev–Trinajstić information content (AvgIpc) is 3.59. The van der Waals surface area contributed by atoms with Gasteiger partial charge in [-0.1, -0.05) is 67.1 Å². The van der Waals surface area contributed by atoms with Crippen molar-refractivity contribution in [3.63, 3.8) is 0 Å². The molecule has 31 heavy (non-hydrogen) atoms. The van der Waals surface area contributed by atoms with Crippen molar-refractivity contribution in [3.05, 3.63) is 71.8 Å². The molecule has 1 heterocycles. The Morgan fingerprint density at radius 3 is 1.84 bits per heavy atom. The summed E-state index contributed by atoms with van der Waals surface area (Å²) < 4.78 is 0. The lowest BCUT2D eigenvalue weighted by Crippen LogP contribution is -2.60. The first-order valence-corrected chi connectivity index (χ1v) is 11.6. The fourth-order valence-corrected chi connectivity index (χ4v) is 4.99. The molecule has 1 N–H and O–H groups in total. The number of hydrogen-bond acceptors (Lipinski definition) is 3. The van der Waals surface area contributed by atoms with Gasteiger partial charge in [-0.2, -0.15) is 0 Å². The molecule has 2 amide bonds. The van der Waals surface area contributed by atoms with E-state index >= 15 is 0 Å². The molecule has 5 heteroatoms. The Labute approximate surface area is 184 Å². The van der Waals surface area contributed by atoms with E-state index in [1.54, 1.807) is 0 Å². The molecule has 1 saturated heterocycles. The topological polar surface area (TPSA) is 52.7 Å². The Balaban J connectivity index is 1.29. The molecule has 5 rings (SSSR count). The molecule has 2 aromatic carbocycles. The number of rotatable bonds is 6. The standard InChI is InChI=1S/C26H31N3O2/c30-24(27-22-12-13-22)26(14-7-15-26)25(31)29-18-16-28(17-19-29)23(20-8-3-1-4-9-20)21-10-5-2-6-11-21/h1-6,8-11,22-23H,7,12-19H2,(H,27,30). The summed E-state index contributed by atoms with van der Waals surface area (Å²) in [6.07, 6.45) is 4.46. The van der Waals surface area contributed by atoms with E-state index in [4.69, 9.17) is 0 Å². The van der Waals surface area contributed by atoms with Crippen molar-refractivity contribution in [2.75, 3.05) is 26.2 Å². The number of nitrogens with zero attached hydrogens (tertiary/aromatic N) is 2. The second-order valence-electron chi connectivity index (χ2n) is 9.24. The fraction of sp³-hybridized carbons (Fsp3) is 0.462. The monoisotopic (exact) mass is 417 g/mol. The molecule has 5 nitrogen and oxygen atoms in total. The lowest BCUT2D eigenvalue weighted by Gasteiger charge is -2.45. The minimum atomic E-state index is -0.803. The minimum Gasteiger partial charge on any atom is -0.352 e. The molecule has 0 aromatic heterocycles. The number of nitrogens with one attached hydrogen (secondary N) is 1. The first-order chi connectivity index (χ1) is 15.2. The van der Waals surface area contributed by atoms with Crippen LogP contribution in [0.5, 0.6) is 0 Å². The van der Waals surface area contributed by atoms with E-state index in [1.165, 1.54) is 11.1 Å².